The number of hydrogen-bond acceptors (Lipinski definition) is 4. The van der Waals surface area contributed by atoms with Gasteiger partial charge in [-0.2, -0.15) is 0 Å². The zero-order valence-corrected chi connectivity index (χ0v) is 11.6. The molecule has 3 atom stereocenters. The molecule has 2 fully saturated rings. The highest BCUT2D eigenvalue weighted by Crippen LogP contribution is 2.27. The lowest BCUT2D eigenvalue weighted by atomic mass is 9.82. The van der Waals surface area contributed by atoms with Crippen LogP contribution in [0, 0.1) is 11.8 Å². The van der Waals surface area contributed by atoms with Crippen LogP contribution in [0.4, 0.5) is 0 Å². The summed E-state index contributed by atoms with van der Waals surface area (Å²) in [6, 6.07) is 0.328. The molecular formula is C14H26N2O3. The number of carbonyl (C=O) groups is 1. The van der Waals surface area contributed by atoms with Crippen molar-refractivity contribution in [1.29, 1.82) is 0 Å². The maximum Gasteiger partial charge on any atom is 0.303 e. The minimum Gasteiger partial charge on any atom is -0.481 e. The number of aliphatic carboxylic acids is 1. The van der Waals surface area contributed by atoms with Crippen LogP contribution in [-0.2, 0) is 4.79 Å². The number of aliphatic hydroxyl groups excluding tert-OH is 1. The molecular weight excluding hydrogens is 244 g/mol. The van der Waals surface area contributed by atoms with Crippen molar-refractivity contribution in [3.8, 4) is 0 Å². The molecule has 2 aliphatic rings. The normalized spacial score (nSPS) is 32.6. The first-order chi connectivity index (χ1) is 9.20. The van der Waals surface area contributed by atoms with Gasteiger partial charge in [-0.15, -0.1) is 0 Å². The first-order valence-electron chi connectivity index (χ1n) is 7.48. The summed E-state index contributed by atoms with van der Waals surface area (Å²) >= 11 is 0. The average molecular weight is 270 g/mol. The van der Waals surface area contributed by atoms with Crippen LogP contribution < -0.4 is 5.32 Å². The third kappa shape index (κ3) is 4.16. The lowest BCUT2D eigenvalue weighted by molar-refractivity contribution is -0.138. The van der Waals surface area contributed by atoms with Crippen molar-refractivity contribution in [1.82, 2.24) is 10.2 Å². The molecule has 2 saturated heterocycles. The Morgan fingerprint density at radius 1 is 1.32 bits per heavy atom. The SMILES string of the molecule is O=C(O)C[C@@H]1CCNC[C@@H]1CCN1CCC[C@H]1CO. The van der Waals surface area contributed by atoms with Gasteiger partial charge in [0.05, 0.1) is 6.61 Å². The zero-order chi connectivity index (χ0) is 13.7. The number of hydrogen-bond donors (Lipinski definition) is 3. The number of piperidine rings is 1. The minimum atomic E-state index is -0.675. The molecule has 2 aliphatic heterocycles. The quantitative estimate of drug-likeness (QED) is 0.657. The Bertz CT molecular complexity index is 298. The molecule has 0 unspecified atom stereocenters. The van der Waals surface area contributed by atoms with Crippen LogP contribution in [0.1, 0.15) is 32.1 Å². The van der Waals surface area contributed by atoms with Crippen LogP contribution in [0.3, 0.4) is 0 Å². The Balaban J connectivity index is 1.80. The molecule has 5 heteroatoms. The highest BCUT2D eigenvalue weighted by molar-refractivity contribution is 5.67. The van der Waals surface area contributed by atoms with Gasteiger partial charge in [0, 0.05) is 12.5 Å². The molecule has 19 heavy (non-hydrogen) atoms. The Labute approximate surface area is 115 Å². The van der Waals surface area contributed by atoms with Gasteiger partial charge in [-0.3, -0.25) is 9.69 Å². The first-order valence-corrected chi connectivity index (χ1v) is 7.48. The number of nitrogens with zero attached hydrogens (tertiary/aromatic N) is 1. The summed E-state index contributed by atoms with van der Waals surface area (Å²) in [7, 11) is 0. The second-order valence-electron chi connectivity index (χ2n) is 5.91. The van der Waals surface area contributed by atoms with Crippen LogP contribution in [0.15, 0.2) is 0 Å². The summed E-state index contributed by atoms with van der Waals surface area (Å²) in [5.41, 5.74) is 0. The average Bonchev–Trinajstić information content (AvgIpc) is 2.84. The van der Waals surface area contributed by atoms with E-state index in [0.29, 0.717) is 24.3 Å². The van der Waals surface area contributed by atoms with Gasteiger partial charge in [-0.25, -0.2) is 0 Å². The standard InChI is InChI=1S/C14H26N2O3/c17-10-13-2-1-6-16(13)7-4-12-9-15-5-3-11(12)8-14(18)19/h11-13,15,17H,1-10H2,(H,18,19)/t11-,12-,13-/m0/s1. The summed E-state index contributed by atoms with van der Waals surface area (Å²) in [5, 5.41) is 21.7. The van der Waals surface area contributed by atoms with E-state index in [1.54, 1.807) is 0 Å². The second kappa shape index (κ2) is 7.22. The third-order valence-electron chi connectivity index (χ3n) is 4.70. The third-order valence-corrected chi connectivity index (χ3v) is 4.70. The van der Waals surface area contributed by atoms with Gasteiger partial charge in [0.2, 0.25) is 0 Å². The Morgan fingerprint density at radius 3 is 2.89 bits per heavy atom. The lowest BCUT2D eigenvalue weighted by Gasteiger charge is -2.33. The summed E-state index contributed by atoms with van der Waals surface area (Å²) in [4.78, 5) is 13.3. The van der Waals surface area contributed by atoms with E-state index in [4.69, 9.17) is 5.11 Å². The van der Waals surface area contributed by atoms with Gasteiger partial charge in [0.25, 0.3) is 0 Å². The number of likely N-dealkylation sites (tertiary alicyclic amines) is 1. The van der Waals surface area contributed by atoms with Crippen molar-refractivity contribution in [3.05, 3.63) is 0 Å². The van der Waals surface area contributed by atoms with Crippen molar-refractivity contribution in [2.45, 2.75) is 38.1 Å². The maximum absolute atomic E-state index is 10.9. The van der Waals surface area contributed by atoms with Crippen LogP contribution in [0.2, 0.25) is 0 Å². The predicted octanol–water partition coefficient (Wildman–Crippen LogP) is 0.534. The molecule has 0 aromatic heterocycles. The molecule has 2 rings (SSSR count). The maximum atomic E-state index is 10.9. The van der Waals surface area contributed by atoms with Crippen LogP contribution in [-0.4, -0.2) is 59.9 Å². The van der Waals surface area contributed by atoms with Gasteiger partial charge >= 0.3 is 5.97 Å². The van der Waals surface area contributed by atoms with E-state index < -0.39 is 5.97 Å². The molecule has 0 aliphatic carbocycles. The number of rotatable bonds is 6. The fourth-order valence-electron chi connectivity index (χ4n) is 3.54. The molecule has 0 aromatic carbocycles. The largest absolute Gasteiger partial charge is 0.481 e. The number of aliphatic hydroxyl groups is 1. The molecule has 3 N–H and O–H groups in total. The molecule has 0 saturated carbocycles. The van der Waals surface area contributed by atoms with E-state index in [9.17, 15) is 9.90 Å². The van der Waals surface area contributed by atoms with Crippen molar-refractivity contribution >= 4 is 5.97 Å². The van der Waals surface area contributed by atoms with Crippen molar-refractivity contribution in [2.75, 3.05) is 32.8 Å². The molecule has 110 valence electrons. The number of carboxylic acid groups (broad SMARTS) is 1. The van der Waals surface area contributed by atoms with E-state index in [-0.39, 0.29) is 6.61 Å². The van der Waals surface area contributed by atoms with E-state index in [1.165, 1.54) is 6.42 Å². The van der Waals surface area contributed by atoms with Gasteiger partial charge in [0.1, 0.15) is 0 Å². The van der Waals surface area contributed by atoms with Crippen LogP contribution in [0.25, 0.3) is 0 Å². The Hall–Kier alpha value is -0.650. The summed E-state index contributed by atoms with van der Waals surface area (Å²) in [6.45, 7) is 4.21. The molecule has 5 nitrogen and oxygen atoms in total. The number of carboxylic acids is 1. The van der Waals surface area contributed by atoms with E-state index in [1.807, 2.05) is 0 Å². The molecule has 0 amide bonds. The summed E-state index contributed by atoms with van der Waals surface area (Å²) in [5.74, 6) is 0.102. The highest BCUT2D eigenvalue weighted by atomic mass is 16.4. The zero-order valence-electron chi connectivity index (χ0n) is 11.6. The molecule has 0 bridgehead atoms. The lowest BCUT2D eigenvalue weighted by Crippen LogP contribution is -2.40. The molecule has 0 radical (unpaired) electrons. The predicted molar refractivity (Wildman–Crippen MR) is 73.0 cm³/mol. The molecule has 2 heterocycles. The first kappa shape index (κ1) is 14.8. The molecule has 0 aromatic rings. The highest BCUT2D eigenvalue weighted by Gasteiger charge is 2.29. The van der Waals surface area contributed by atoms with Gasteiger partial charge in [-0.1, -0.05) is 0 Å². The van der Waals surface area contributed by atoms with E-state index >= 15 is 0 Å². The van der Waals surface area contributed by atoms with Crippen molar-refractivity contribution < 1.29 is 15.0 Å². The fraction of sp³-hybridized carbons (Fsp3) is 0.929. The van der Waals surface area contributed by atoms with Gasteiger partial charge in [0.15, 0.2) is 0 Å². The van der Waals surface area contributed by atoms with Crippen LogP contribution >= 0.6 is 0 Å². The van der Waals surface area contributed by atoms with E-state index in [0.717, 1.165) is 45.4 Å². The minimum absolute atomic E-state index is 0.251. The fourth-order valence-corrected chi connectivity index (χ4v) is 3.54. The monoisotopic (exact) mass is 270 g/mol. The summed E-state index contributed by atoms with van der Waals surface area (Å²) < 4.78 is 0. The smallest absolute Gasteiger partial charge is 0.303 e. The second-order valence-corrected chi connectivity index (χ2v) is 5.91. The van der Waals surface area contributed by atoms with Crippen molar-refractivity contribution in [3.63, 3.8) is 0 Å². The van der Waals surface area contributed by atoms with E-state index in [2.05, 4.69) is 10.2 Å². The Morgan fingerprint density at radius 2 is 2.16 bits per heavy atom. The summed E-state index contributed by atoms with van der Waals surface area (Å²) in [6.07, 6.45) is 4.59. The van der Waals surface area contributed by atoms with Gasteiger partial charge in [-0.05, 0) is 63.7 Å². The number of nitrogens with one attached hydrogen (secondary N) is 1. The van der Waals surface area contributed by atoms with Crippen molar-refractivity contribution in [2.24, 2.45) is 11.8 Å². The van der Waals surface area contributed by atoms with Crippen LogP contribution in [0.5, 0.6) is 0 Å². The Kier molecular flexibility index (Phi) is 5.60. The van der Waals surface area contributed by atoms with Gasteiger partial charge < -0.3 is 15.5 Å². The molecule has 0 spiro atoms. The topological polar surface area (TPSA) is 72.8 Å².